The van der Waals surface area contributed by atoms with Crippen molar-refractivity contribution in [1.82, 2.24) is 9.38 Å². The van der Waals surface area contributed by atoms with Gasteiger partial charge in [0.15, 0.2) is 0 Å². The Labute approximate surface area is 118 Å². The highest BCUT2D eigenvalue weighted by atomic mass is 79.9. The van der Waals surface area contributed by atoms with E-state index in [-0.39, 0.29) is 0 Å². The molecule has 0 spiro atoms. The van der Waals surface area contributed by atoms with Crippen molar-refractivity contribution in [3.63, 3.8) is 0 Å². The predicted molar refractivity (Wildman–Crippen MR) is 78.1 cm³/mol. The molecule has 2 aromatic heterocycles. The Bertz CT molecular complexity index is 716. The summed E-state index contributed by atoms with van der Waals surface area (Å²) in [6.45, 7) is 2.05. The van der Waals surface area contributed by atoms with Gasteiger partial charge in [0.05, 0.1) is 5.69 Å². The van der Waals surface area contributed by atoms with Crippen LogP contribution < -0.4 is 0 Å². The van der Waals surface area contributed by atoms with Crippen molar-refractivity contribution >= 4 is 33.2 Å². The van der Waals surface area contributed by atoms with Gasteiger partial charge in [-0.05, 0) is 46.6 Å². The maximum absolute atomic E-state index is 5.89. The van der Waals surface area contributed by atoms with Gasteiger partial charge in [-0.25, -0.2) is 4.98 Å². The molecule has 4 heteroatoms. The second kappa shape index (κ2) is 4.41. The Morgan fingerprint density at radius 1 is 1.17 bits per heavy atom. The average Bonchev–Trinajstić information content (AvgIpc) is 2.74. The fourth-order valence-electron chi connectivity index (χ4n) is 1.99. The number of hydrogen-bond acceptors (Lipinski definition) is 1. The fourth-order valence-corrected chi connectivity index (χ4v) is 2.68. The van der Waals surface area contributed by atoms with Crippen LogP contribution in [0, 0.1) is 6.92 Å². The summed E-state index contributed by atoms with van der Waals surface area (Å²) in [6.07, 6.45) is 4.03. The Morgan fingerprint density at radius 3 is 2.61 bits per heavy atom. The van der Waals surface area contributed by atoms with Gasteiger partial charge in [0.1, 0.15) is 5.65 Å². The van der Waals surface area contributed by atoms with Crippen LogP contribution in [0.1, 0.15) is 5.56 Å². The minimum atomic E-state index is 0.737. The van der Waals surface area contributed by atoms with Gasteiger partial charge in [-0.1, -0.05) is 23.7 Å². The van der Waals surface area contributed by atoms with Crippen molar-refractivity contribution in [2.45, 2.75) is 6.92 Å². The van der Waals surface area contributed by atoms with Crippen molar-refractivity contribution in [3.8, 4) is 11.3 Å². The van der Waals surface area contributed by atoms with Crippen LogP contribution in [0.25, 0.3) is 16.9 Å². The lowest BCUT2D eigenvalue weighted by atomic mass is 10.2. The summed E-state index contributed by atoms with van der Waals surface area (Å²) in [4.78, 5) is 4.65. The van der Waals surface area contributed by atoms with Gasteiger partial charge in [0.25, 0.3) is 0 Å². The molecule has 0 atom stereocenters. The Hall–Kier alpha value is -1.32. The molecule has 0 saturated carbocycles. The summed E-state index contributed by atoms with van der Waals surface area (Å²) < 4.78 is 3.08. The van der Waals surface area contributed by atoms with Crippen LogP contribution in [0.3, 0.4) is 0 Å². The molecule has 0 aliphatic carbocycles. The summed E-state index contributed by atoms with van der Waals surface area (Å²) in [6, 6.07) is 9.78. The highest BCUT2D eigenvalue weighted by Gasteiger charge is 2.07. The Morgan fingerprint density at radius 2 is 1.89 bits per heavy atom. The molecule has 1 aromatic carbocycles. The number of benzene rings is 1. The van der Waals surface area contributed by atoms with Crippen LogP contribution in [-0.4, -0.2) is 9.38 Å². The third-order valence-electron chi connectivity index (χ3n) is 2.84. The number of rotatable bonds is 1. The van der Waals surface area contributed by atoms with Gasteiger partial charge in [0, 0.05) is 27.5 Å². The maximum Gasteiger partial charge on any atom is 0.140 e. The molecular formula is C14H10BrClN2. The predicted octanol–water partition coefficient (Wildman–Crippen LogP) is 4.73. The largest absolute Gasteiger partial charge is 0.305 e. The summed E-state index contributed by atoms with van der Waals surface area (Å²) in [5, 5.41) is 0.737. The van der Waals surface area contributed by atoms with Gasteiger partial charge in [0.2, 0.25) is 0 Å². The third-order valence-corrected chi connectivity index (χ3v) is 3.53. The maximum atomic E-state index is 5.89. The van der Waals surface area contributed by atoms with Crippen molar-refractivity contribution in [2.75, 3.05) is 0 Å². The summed E-state index contributed by atoms with van der Waals surface area (Å²) in [7, 11) is 0. The van der Waals surface area contributed by atoms with E-state index in [1.807, 2.05) is 41.1 Å². The summed E-state index contributed by atoms with van der Waals surface area (Å²) >= 11 is 9.38. The zero-order valence-corrected chi connectivity index (χ0v) is 12.0. The minimum absolute atomic E-state index is 0.737. The lowest BCUT2D eigenvalue weighted by molar-refractivity contribution is 1.15. The number of pyridine rings is 1. The van der Waals surface area contributed by atoms with Crippen LogP contribution in [-0.2, 0) is 0 Å². The standard InChI is InChI=1S/C14H10BrClN2/c1-9-6-11(15)7-18-8-13(17-14(9)18)10-2-4-12(16)5-3-10/h2-8H,1H3. The molecule has 0 unspecified atom stereocenters. The quantitative estimate of drug-likeness (QED) is 0.633. The van der Waals surface area contributed by atoms with Crippen LogP contribution in [0.5, 0.6) is 0 Å². The number of nitrogens with zero attached hydrogens (tertiary/aromatic N) is 2. The van der Waals surface area contributed by atoms with Crippen molar-refractivity contribution < 1.29 is 0 Å². The van der Waals surface area contributed by atoms with Gasteiger partial charge >= 0.3 is 0 Å². The van der Waals surface area contributed by atoms with Gasteiger partial charge in [-0.2, -0.15) is 0 Å². The highest BCUT2D eigenvalue weighted by Crippen LogP contribution is 2.24. The topological polar surface area (TPSA) is 17.3 Å². The molecule has 0 amide bonds. The number of fused-ring (bicyclic) bond motifs is 1. The average molecular weight is 322 g/mol. The number of hydrogen-bond donors (Lipinski definition) is 0. The van der Waals surface area contributed by atoms with Crippen LogP contribution in [0.2, 0.25) is 5.02 Å². The molecule has 0 aliphatic rings. The van der Waals surface area contributed by atoms with E-state index in [0.717, 1.165) is 32.0 Å². The van der Waals surface area contributed by atoms with E-state index in [0.29, 0.717) is 0 Å². The molecular weight excluding hydrogens is 312 g/mol. The van der Waals surface area contributed by atoms with E-state index in [1.165, 1.54) is 0 Å². The lowest BCUT2D eigenvalue weighted by Crippen LogP contribution is -1.86. The van der Waals surface area contributed by atoms with E-state index >= 15 is 0 Å². The first-order valence-corrected chi connectivity index (χ1v) is 6.71. The zero-order chi connectivity index (χ0) is 12.7. The monoisotopic (exact) mass is 320 g/mol. The third kappa shape index (κ3) is 2.04. The summed E-state index contributed by atoms with van der Waals surface area (Å²) in [5.41, 5.74) is 4.14. The van der Waals surface area contributed by atoms with Crippen LogP contribution >= 0.6 is 27.5 Å². The minimum Gasteiger partial charge on any atom is -0.305 e. The second-order valence-electron chi connectivity index (χ2n) is 4.21. The second-order valence-corrected chi connectivity index (χ2v) is 5.56. The van der Waals surface area contributed by atoms with E-state index in [9.17, 15) is 0 Å². The van der Waals surface area contributed by atoms with Crippen molar-refractivity contribution in [2.24, 2.45) is 0 Å². The van der Waals surface area contributed by atoms with E-state index in [1.54, 1.807) is 0 Å². The first-order valence-electron chi connectivity index (χ1n) is 5.54. The number of aromatic nitrogens is 2. The van der Waals surface area contributed by atoms with Gasteiger partial charge in [-0.15, -0.1) is 0 Å². The van der Waals surface area contributed by atoms with Crippen LogP contribution in [0.15, 0.2) is 47.2 Å². The molecule has 0 aliphatic heterocycles. The molecule has 0 N–H and O–H groups in total. The Balaban J connectivity index is 2.19. The fraction of sp³-hybridized carbons (Fsp3) is 0.0714. The molecule has 3 rings (SSSR count). The SMILES string of the molecule is Cc1cc(Br)cn2cc(-c3ccc(Cl)cc3)nc12. The van der Waals surface area contributed by atoms with Gasteiger partial charge in [-0.3, -0.25) is 0 Å². The molecule has 2 nitrogen and oxygen atoms in total. The van der Waals surface area contributed by atoms with E-state index in [4.69, 9.17) is 11.6 Å². The smallest absolute Gasteiger partial charge is 0.140 e. The molecule has 2 heterocycles. The molecule has 3 aromatic rings. The number of aryl methyl sites for hydroxylation is 1. The van der Waals surface area contributed by atoms with Crippen LogP contribution in [0.4, 0.5) is 0 Å². The van der Waals surface area contributed by atoms with E-state index in [2.05, 4.69) is 33.9 Å². The molecule has 18 heavy (non-hydrogen) atoms. The lowest BCUT2D eigenvalue weighted by Gasteiger charge is -1.97. The number of imidazole rings is 1. The van der Waals surface area contributed by atoms with Gasteiger partial charge < -0.3 is 4.40 Å². The molecule has 0 bridgehead atoms. The highest BCUT2D eigenvalue weighted by molar-refractivity contribution is 9.10. The Kier molecular flexibility index (Phi) is 2.88. The van der Waals surface area contributed by atoms with E-state index < -0.39 is 0 Å². The zero-order valence-electron chi connectivity index (χ0n) is 9.69. The summed E-state index contributed by atoms with van der Waals surface area (Å²) in [5.74, 6) is 0. The van der Waals surface area contributed by atoms with Crippen molar-refractivity contribution in [1.29, 1.82) is 0 Å². The molecule has 0 radical (unpaired) electrons. The normalized spacial score (nSPS) is 11.1. The first-order chi connectivity index (χ1) is 8.63. The molecule has 0 fully saturated rings. The molecule has 90 valence electrons. The van der Waals surface area contributed by atoms with Crippen molar-refractivity contribution in [3.05, 3.63) is 57.8 Å². The first kappa shape index (κ1) is 11.8. The number of halogens is 2. The molecule has 0 saturated heterocycles.